The fourth-order valence-electron chi connectivity index (χ4n) is 1.21. The van der Waals surface area contributed by atoms with E-state index in [1.165, 1.54) is 6.20 Å². The van der Waals surface area contributed by atoms with Gasteiger partial charge in [0.05, 0.1) is 5.02 Å². The monoisotopic (exact) mass is 211 g/mol. The van der Waals surface area contributed by atoms with Gasteiger partial charge in [0.2, 0.25) is 0 Å². The van der Waals surface area contributed by atoms with Gasteiger partial charge in [0.25, 0.3) is 5.56 Å². The smallest absolute Gasteiger partial charge is 0.255 e. The average Bonchev–Trinajstić information content (AvgIpc) is 2.12. The number of aromatic amines is 1. The molecule has 0 aliphatic rings. The minimum Gasteiger partial charge on any atom is -0.327 e. The summed E-state index contributed by atoms with van der Waals surface area (Å²) in [7, 11) is 0. The first-order valence-electron chi connectivity index (χ1n) is 3.68. The predicted octanol–water partition coefficient (Wildman–Crippen LogP) is 2.47. The normalized spacial score (nSPS) is 10.6. The molecule has 0 radical (unpaired) electrons. The Kier molecular flexibility index (Phi) is 2.06. The minimum atomic E-state index is -0.143. The van der Waals surface area contributed by atoms with Gasteiger partial charge in [-0.05, 0) is 12.1 Å². The van der Waals surface area contributed by atoms with Crippen LogP contribution in [0.4, 0.5) is 0 Å². The van der Waals surface area contributed by atoms with Gasteiger partial charge in [-0.15, -0.1) is 12.6 Å². The largest absolute Gasteiger partial charge is 0.327 e. The van der Waals surface area contributed by atoms with Crippen molar-refractivity contribution >= 4 is 35.0 Å². The number of H-pyrrole nitrogens is 1. The van der Waals surface area contributed by atoms with E-state index in [4.69, 9.17) is 11.6 Å². The van der Waals surface area contributed by atoms with Gasteiger partial charge in [0.15, 0.2) is 0 Å². The van der Waals surface area contributed by atoms with E-state index in [-0.39, 0.29) is 5.56 Å². The van der Waals surface area contributed by atoms with Gasteiger partial charge < -0.3 is 4.98 Å². The summed E-state index contributed by atoms with van der Waals surface area (Å²) < 4.78 is 0. The van der Waals surface area contributed by atoms with Crippen LogP contribution >= 0.6 is 24.2 Å². The van der Waals surface area contributed by atoms with E-state index >= 15 is 0 Å². The number of pyridine rings is 1. The first kappa shape index (κ1) is 8.66. The van der Waals surface area contributed by atoms with Crippen molar-refractivity contribution in [1.82, 2.24) is 4.98 Å². The fourth-order valence-corrected chi connectivity index (χ4v) is 1.64. The lowest BCUT2D eigenvalue weighted by molar-refractivity contribution is 1.27. The fraction of sp³-hybridized carbons (Fsp3) is 0. The molecule has 66 valence electrons. The molecule has 0 unspecified atom stereocenters. The van der Waals surface area contributed by atoms with Crippen molar-refractivity contribution in [2.75, 3.05) is 0 Å². The summed E-state index contributed by atoms with van der Waals surface area (Å²) in [5.41, 5.74) is -0.143. The third kappa shape index (κ3) is 1.45. The highest BCUT2D eigenvalue weighted by atomic mass is 35.5. The minimum absolute atomic E-state index is 0.143. The summed E-state index contributed by atoms with van der Waals surface area (Å²) in [4.78, 5) is 14.6. The molecule has 1 heterocycles. The van der Waals surface area contributed by atoms with Gasteiger partial charge in [-0.3, -0.25) is 4.79 Å². The number of fused-ring (bicyclic) bond motifs is 1. The number of thiol groups is 1. The van der Waals surface area contributed by atoms with E-state index in [1.807, 2.05) is 0 Å². The molecule has 1 aromatic heterocycles. The Labute approximate surface area is 85.0 Å². The van der Waals surface area contributed by atoms with Crippen LogP contribution in [0, 0.1) is 0 Å². The van der Waals surface area contributed by atoms with Gasteiger partial charge in [0.1, 0.15) is 0 Å². The van der Waals surface area contributed by atoms with Gasteiger partial charge in [0, 0.05) is 21.9 Å². The number of benzene rings is 1. The molecule has 0 bridgehead atoms. The first-order valence-corrected chi connectivity index (χ1v) is 4.51. The molecule has 4 heteroatoms. The van der Waals surface area contributed by atoms with Gasteiger partial charge in [-0.25, -0.2) is 0 Å². The maximum Gasteiger partial charge on any atom is 0.255 e. The summed E-state index contributed by atoms with van der Waals surface area (Å²) in [5, 5.41) is 1.87. The SMILES string of the molecule is O=c1[nH]cc(Cl)c2ccc(S)cc12. The van der Waals surface area contributed by atoms with Crippen LogP contribution in [0.5, 0.6) is 0 Å². The molecule has 0 amide bonds. The van der Waals surface area contributed by atoms with E-state index in [0.717, 1.165) is 10.3 Å². The molecule has 0 saturated carbocycles. The lowest BCUT2D eigenvalue weighted by atomic mass is 10.2. The van der Waals surface area contributed by atoms with Gasteiger partial charge in [-0.2, -0.15) is 0 Å². The third-order valence-corrected chi connectivity index (χ3v) is 2.43. The summed E-state index contributed by atoms with van der Waals surface area (Å²) in [6.07, 6.45) is 1.49. The van der Waals surface area contributed by atoms with Crippen LogP contribution in [0.2, 0.25) is 5.02 Å². The van der Waals surface area contributed by atoms with Crippen LogP contribution in [0.3, 0.4) is 0 Å². The number of halogens is 1. The van der Waals surface area contributed by atoms with E-state index in [0.29, 0.717) is 10.4 Å². The number of hydrogen-bond acceptors (Lipinski definition) is 2. The second-order valence-corrected chi connectivity index (χ2v) is 3.62. The van der Waals surface area contributed by atoms with Crippen molar-refractivity contribution in [2.24, 2.45) is 0 Å². The summed E-state index contributed by atoms with van der Waals surface area (Å²) in [6, 6.07) is 5.29. The Morgan fingerprint density at radius 3 is 2.85 bits per heavy atom. The second kappa shape index (κ2) is 3.09. The Balaban J connectivity index is 3.01. The molecule has 1 N–H and O–H groups in total. The molecule has 0 saturated heterocycles. The zero-order chi connectivity index (χ0) is 9.42. The number of hydrogen-bond donors (Lipinski definition) is 2. The van der Waals surface area contributed by atoms with E-state index < -0.39 is 0 Å². The highest BCUT2D eigenvalue weighted by molar-refractivity contribution is 7.80. The maximum atomic E-state index is 11.3. The summed E-state index contributed by atoms with van der Waals surface area (Å²) in [5.74, 6) is 0. The molecule has 0 atom stereocenters. The van der Waals surface area contributed by atoms with Crippen LogP contribution in [0.1, 0.15) is 0 Å². The molecular formula is C9H6ClNOS. The Morgan fingerprint density at radius 2 is 2.08 bits per heavy atom. The lowest BCUT2D eigenvalue weighted by Crippen LogP contribution is -2.04. The van der Waals surface area contributed by atoms with Gasteiger partial charge in [-0.1, -0.05) is 17.7 Å². The quantitative estimate of drug-likeness (QED) is 0.645. The summed E-state index contributed by atoms with van der Waals surface area (Å²) >= 11 is 10.0. The molecule has 13 heavy (non-hydrogen) atoms. The first-order chi connectivity index (χ1) is 6.18. The zero-order valence-corrected chi connectivity index (χ0v) is 8.19. The summed E-state index contributed by atoms with van der Waals surface area (Å²) in [6.45, 7) is 0. The van der Waals surface area contributed by atoms with Crippen LogP contribution in [0.15, 0.2) is 34.1 Å². The Hall–Kier alpha value is -0.930. The molecule has 0 fully saturated rings. The lowest BCUT2D eigenvalue weighted by Gasteiger charge is -1.99. The molecule has 2 rings (SSSR count). The number of nitrogens with one attached hydrogen (secondary N) is 1. The van der Waals surface area contributed by atoms with Crippen molar-refractivity contribution in [3.63, 3.8) is 0 Å². The van der Waals surface area contributed by atoms with Crippen LogP contribution in [0.25, 0.3) is 10.8 Å². The van der Waals surface area contributed by atoms with Gasteiger partial charge >= 0.3 is 0 Å². The Morgan fingerprint density at radius 1 is 1.31 bits per heavy atom. The van der Waals surface area contributed by atoms with Crippen molar-refractivity contribution in [1.29, 1.82) is 0 Å². The van der Waals surface area contributed by atoms with Crippen molar-refractivity contribution < 1.29 is 0 Å². The van der Waals surface area contributed by atoms with Crippen molar-refractivity contribution in [2.45, 2.75) is 4.90 Å². The highest BCUT2D eigenvalue weighted by Gasteiger charge is 2.02. The van der Waals surface area contributed by atoms with E-state index in [2.05, 4.69) is 17.6 Å². The molecule has 0 aliphatic carbocycles. The van der Waals surface area contributed by atoms with Crippen LogP contribution in [-0.4, -0.2) is 4.98 Å². The zero-order valence-electron chi connectivity index (χ0n) is 6.54. The molecule has 1 aromatic carbocycles. The van der Waals surface area contributed by atoms with Crippen molar-refractivity contribution in [3.05, 3.63) is 39.8 Å². The second-order valence-electron chi connectivity index (χ2n) is 2.70. The molecular weight excluding hydrogens is 206 g/mol. The predicted molar refractivity (Wildman–Crippen MR) is 56.8 cm³/mol. The number of aromatic nitrogens is 1. The number of rotatable bonds is 0. The van der Waals surface area contributed by atoms with Crippen LogP contribution < -0.4 is 5.56 Å². The van der Waals surface area contributed by atoms with Crippen LogP contribution in [-0.2, 0) is 0 Å². The standard InChI is InChI=1S/C9H6ClNOS/c10-8-4-11-9(12)7-3-5(13)1-2-6(7)8/h1-4,13H,(H,11,12). The third-order valence-electron chi connectivity index (χ3n) is 1.84. The van der Waals surface area contributed by atoms with Crippen molar-refractivity contribution in [3.8, 4) is 0 Å². The molecule has 2 aromatic rings. The highest BCUT2D eigenvalue weighted by Crippen LogP contribution is 2.21. The molecule has 0 aliphatic heterocycles. The topological polar surface area (TPSA) is 32.9 Å². The maximum absolute atomic E-state index is 11.3. The van der Waals surface area contributed by atoms with E-state index in [9.17, 15) is 4.79 Å². The Bertz CT molecular complexity index is 520. The molecule has 2 nitrogen and oxygen atoms in total. The average molecular weight is 212 g/mol. The molecule has 0 spiro atoms. The van der Waals surface area contributed by atoms with E-state index in [1.54, 1.807) is 18.2 Å².